The van der Waals surface area contributed by atoms with E-state index in [1.165, 1.54) is 12.1 Å². The van der Waals surface area contributed by atoms with Crippen LogP contribution in [0, 0.1) is 17.2 Å². The number of carbonyl (C=O) groups is 1. The Bertz CT molecular complexity index is 539. The highest BCUT2D eigenvalue weighted by Gasteiger charge is 2.27. The van der Waals surface area contributed by atoms with Gasteiger partial charge in [0.15, 0.2) is 0 Å². The number of rotatable bonds is 4. The van der Waals surface area contributed by atoms with Crippen molar-refractivity contribution in [2.24, 2.45) is 11.3 Å². The summed E-state index contributed by atoms with van der Waals surface area (Å²) in [5, 5.41) is 12.4. The number of aliphatic hydroxyl groups excluding tert-OH is 1. The molecule has 2 N–H and O–H groups in total. The maximum atomic E-state index is 13.2. The molecule has 2 atom stereocenters. The summed E-state index contributed by atoms with van der Waals surface area (Å²) in [6, 6.07) is 6.07. The maximum absolute atomic E-state index is 13.2. The molecular formula is C19H29FN2O2. The second-order valence-corrected chi connectivity index (χ2v) is 7.96. The summed E-state index contributed by atoms with van der Waals surface area (Å²) < 4.78 is 13.2. The zero-order chi connectivity index (χ0) is 17.7. The number of nitrogens with zero attached hydrogens (tertiary/aromatic N) is 1. The van der Waals surface area contributed by atoms with Gasteiger partial charge in [-0.2, -0.15) is 0 Å². The van der Waals surface area contributed by atoms with Gasteiger partial charge in [-0.3, -0.25) is 0 Å². The number of likely N-dealkylation sites (tertiary alicyclic amines) is 1. The predicted octanol–water partition coefficient (Wildman–Crippen LogP) is 3.72. The molecule has 0 saturated carbocycles. The Balaban J connectivity index is 2.09. The fourth-order valence-electron chi connectivity index (χ4n) is 3.20. The van der Waals surface area contributed by atoms with Gasteiger partial charge in [-0.05, 0) is 48.3 Å². The molecule has 0 aromatic heterocycles. The van der Waals surface area contributed by atoms with Crippen LogP contribution in [0.5, 0.6) is 0 Å². The zero-order valence-electron chi connectivity index (χ0n) is 14.9. The average Bonchev–Trinajstić information content (AvgIpc) is 2.53. The standard InChI is InChI=1S/C19H29FN2O2/c1-19(2,3)11-17(15-6-8-16(20)9-7-15)21-18(24)22-10-4-5-14(12-22)13-23/h6-9,14,17,23H,4-5,10-13H2,1-3H3,(H,21,24). The highest BCUT2D eigenvalue weighted by atomic mass is 19.1. The molecule has 1 heterocycles. The Morgan fingerprint density at radius 2 is 2.04 bits per heavy atom. The molecule has 1 aliphatic rings. The third-order valence-corrected chi connectivity index (χ3v) is 4.45. The minimum absolute atomic E-state index is 0.0296. The summed E-state index contributed by atoms with van der Waals surface area (Å²) in [7, 11) is 0. The number of hydrogen-bond acceptors (Lipinski definition) is 2. The van der Waals surface area contributed by atoms with Crippen LogP contribution < -0.4 is 5.32 Å². The van der Waals surface area contributed by atoms with Crippen LogP contribution in [0.15, 0.2) is 24.3 Å². The van der Waals surface area contributed by atoms with Crippen LogP contribution in [0.25, 0.3) is 0 Å². The first-order chi connectivity index (χ1) is 11.3. The molecule has 2 unspecified atom stereocenters. The van der Waals surface area contributed by atoms with E-state index >= 15 is 0 Å². The van der Waals surface area contributed by atoms with Crippen molar-refractivity contribution in [3.8, 4) is 0 Å². The molecule has 1 aliphatic heterocycles. The minimum Gasteiger partial charge on any atom is -0.396 e. The highest BCUT2D eigenvalue weighted by Crippen LogP contribution is 2.30. The summed E-state index contributed by atoms with van der Waals surface area (Å²) in [4.78, 5) is 14.4. The lowest BCUT2D eigenvalue weighted by molar-refractivity contribution is 0.126. The Hall–Kier alpha value is -1.62. The SMILES string of the molecule is CC(C)(C)CC(NC(=O)N1CCCC(CO)C1)c1ccc(F)cc1. The first-order valence-electron chi connectivity index (χ1n) is 8.70. The van der Waals surface area contributed by atoms with E-state index in [0.29, 0.717) is 13.1 Å². The molecule has 2 rings (SSSR count). The Morgan fingerprint density at radius 1 is 1.38 bits per heavy atom. The number of urea groups is 1. The summed E-state index contributed by atoms with van der Waals surface area (Å²) in [5.41, 5.74) is 0.942. The lowest BCUT2D eigenvalue weighted by Crippen LogP contribution is -2.47. The monoisotopic (exact) mass is 336 g/mol. The Labute approximate surface area is 144 Å². The Kier molecular flexibility index (Phi) is 6.21. The van der Waals surface area contributed by atoms with Crippen LogP contribution in [0.4, 0.5) is 9.18 Å². The first-order valence-corrected chi connectivity index (χ1v) is 8.70. The highest BCUT2D eigenvalue weighted by molar-refractivity contribution is 5.74. The van der Waals surface area contributed by atoms with E-state index in [9.17, 15) is 14.3 Å². The van der Waals surface area contributed by atoms with Gasteiger partial charge >= 0.3 is 6.03 Å². The lowest BCUT2D eigenvalue weighted by atomic mass is 9.85. The van der Waals surface area contributed by atoms with E-state index in [4.69, 9.17) is 0 Å². The number of piperidine rings is 1. The molecule has 0 bridgehead atoms. The molecular weight excluding hydrogens is 307 g/mol. The van der Waals surface area contributed by atoms with Crippen LogP contribution in [-0.2, 0) is 0 Å². The van der Waals surface area contributed by atoms with Gasteiger partial charge in [-0.15, -0.1) is 0 Å². The number of amides is 2. The van der Waals surface area contributed by atoms with Crippen molar-refractivity contribution < 1.29 is 14.3 Å². The number of halogens is 1. The van der Waals surface area contributed by atoms with E-state index in [1.807, 2.05) is 0 Å². The van der Waals surface area contributed by atoms with Gasteiger partial charge in [0.1, 0.15) is 5.82 Å². The molecule has 0 radical (unpaired) electrons. The second kappa shape index (κ2) is 7.97. The minimum atomic E-state index is -0.276. The Morgan fingerprint density at radius 3 is 2.62 bits per heavy atom. The van der Waals surface area contributed by atoms with Crippen molar-refractivity contribution in [1.82, 2.24) is 10.2 Å². The number of benzene rings is 1. The molecule has 24 heavy (non-hydrogen) atoms. The van der Waals surface area contributed by atoms with Crippen molar-refractivity contribution in [3.63, 3.8) is 0 Å². The number of hydrogen-bond donors (Lipinski definition) is 2. The molecule has 2 amide bonds. The molecule has 5 heteroatoms. The van der Waals surface area contributed by atoms with E-state index in [1.54, 1.807) is 17.0 Å². The van der Waals surface area contributed by atoms with Crippen LogP contribution in [0.3, 0.4) is 0 Å². The second-order valence-electron chi connectivity index (χ2n) is 7.96. The van der Waals surface area contributed by atoms with E-state index in [-0.39, 0.29) is 35.8 Å². The maximum Gasteiger partial charge on any atom is 0.317 e. The molecule has 1 fully saturated rings. The van der Waals surface area contributed by atoms with Crippen molar-refractivity contribution in [2.45, 2.75) is 46.1 Å². The molecule has 0 aliphatic carbocycles. The van der Waals surface area contributed by atoms with Crippen molar-refractivity contribution >= 4 is 6.03 Å². The normalized spacial score (nSPS) is 19.9. The van der Waals surface area contributed by atoms with Crippen LogP contribution in [0.2, 0.25) is 0 Å². The van der Waals surface area contributed by atoms with Crippen molar-refractivity contribution in [1.29, 1.82) is 0 Å². The fraction of sp³-hybridized carbons (Fsp3) is 0.632. The lowest BCUT2D eigenvalue weighted by Gasteiger charge is -2.34. The molecule has 1 aromatic carbocycles. The fourth-order valence-corrected chi connectivity index (χ4v) is 3.20. The van der Waals surface area contributed by atoms with Crippen LogP contribution >= 0.6 is 0 Å². The van der Waals surface area contributed by atoms with Gasteiger partial charge < -0.3 is 15.3 Å². The molecule has 0 spiro atoms. The van der Waals surface area contributed by atoms with E-state index in [2.05, 4.69) is 26.1 Å². The van der Waals surface area contributed by atoms with Gasteiger partial charge in [-0.1, -0.05) is 32.9 Å². The third kappa shape index (κ3) is 5.48. The quantitative estimate of drug-likeness (QED) is 0.880. The summed E-state index contributed by atoms with van der Waals surface area (Å²) in [5.74, 6) is -0.113. The number of carbonyl (C=O) groups excluding carboxylic acids is 1. The summed E-state index contributed by atoms with van der Waals surface area (Å²) in [6.45, 7) is 7.80. The first kappa shape index (κ1) is 18.7. The van der Waals surface area contributed by atoms with Crippen molar-refractivity contribution in [3.05, 3.63) is 35.6 Å². The topological polar surface area (TPSA) is 52.6 Å². The van der Waals surface area contributed by atoms with Gasteiger partial charge in [0.25, 0.3) is 0 Å². The van der Waals surface area contributed by atoms with Crippen LogP contribution in [-0.4, -0.2) is 35.7 Å². The van der Waals surface area contributed by atoms with Crippen molar-refractivity contribution in [2.75, 3.05) is 19.7 Å². The van der Waals surface area contributed by atoms with Gasteiger partial charge in [0.05, 0.1) is 6.04 Å². The molecule has 134 valence electrons. The van der Waals surface area contributed by atoms with Crippen LogP contribution in [0.1, 0.15) is 51.6 Å². The number of nitrogens with one attached hydrogen (secondary N) is 1. The predicted molar refractivity (Wildman–Crippen MR) is 93.1 cm³/mol. The zero-order valence-corrected chi connectivity index (χ0v) is 14.9. The summed E-state index contributed by atoms with van der Waals surface area (Å²) in [6.07, 6.45) is 2.64. The smallest absolute Gasteiger partial charge is 0.317 e. The average molecular weight is 336 g/mol. The van der Waals surface area contributed by atoms with Gasteiger partial charge in [-0.25, -0.2) is 9.18 Å². The molecule has 1 aromatic rings. The molecule has 1 saturated heterocycles. The van der Waals surface area contributed by atoms with Gasteiger partial charge in [0.2, 0.25) is 0 Å². The van der Waals surface area contributed by atoms with E-state index < -0.39 is 0 Å². The third-order valence-electron chi connectivity index (χ3n) is 4.45. The van der Waals surface area contributed by atoms with E-state index in [0.717, 1.165) is 24.8 Å². The number of aliphatic hydroxyl groups is 1. The summed E-state index contributed by atoms with van der Waals surface area (Å²) >= 11 is 0. The molecule has 4 nitrogen and oxygen atoms in total. The van der Waals surface area contributed by atoms with Gasteiger partial charge in [0, 0.05) is 19.7 Å². The largest absolute Gasteiger partial charge is 0.396 e.